The molecule has 2 aromatic rings. The zero-order chi connectivity index (χ0) is 14.2. The number of anilines is 4. The Morgan fingerprint density at radius 3 is 2.32 bits per heavy atom. The maximum Gasteiger partial charge on any atom is 0.169 e. The van der Waals surface area contributed by atoms with E-state index in [0.29, 0.717) is 0 Å². The number of para-hydroxylation sites is 1. The second kappa shape index (κ2) is 5.11. The van der Waals surface area contributed by atoms with Crippen LogP contribution in [0.5, 0.6) is 0 Å². The normalized spacial score (nSPS) is 10.5. The summed E-state index contributed by atoms with van der Waals surface area (Å²) in [6, 6.07) is 5.35. The minimum atomic E-state index is -0.863. The van der Waals surface area contributed by atoms with Crippen molar-refractivity contribution in [2.75, 3.05) is 16.8 Å². The first kappa shape index (κ1) is 13.7. The molecule has 3 nitrogen and oxygen atoms in total. The summed E-state index contributed by atoms with van der Waals surface area (Å²) in [4.78, 5) is 0. The van der Waals surface area contributed by atoms with Gasteiger partial charge in [-0.25, -0.2) is 8.78 Å². The Balaban J connectivity index is 2.53. The van der Waals surface area contributed by atoms with Gasteiger partial charge in [0.15, 0.2) is 5.82 Å². The highest BCUT2D eigenvalue weighted by atomic mass is 35.5. The topological polar surface area (TPSA) is 64.1 Å². The number of benzene rings is 2. The molecule has 0 amide bonds. The van der Waals surface area contributed by atoms with E-state index in [-0.39, 0.29) is 32.8 Å². The highest BCUT2D eigenvalue weighted by Gasteiger charge is 2.17. The van der Waals surface area contributed by atoms with Crippen molar-refractivity contribution in [1.82, 2.24) is 0 Å². The molecule has 0 spiro atoms. The van der Waals surface area contributed by atoms with Crippen LogP contribution in [0.15, 0.2) is 24.3 Å². The molecule has 19 heavy (non-hydrogen) atoms. The van der Waals surface area contributed by atoms with Gasteiger partial charge in [-0.05, 0) is 18.2 Å². The average Bonchev–Trinajstić information content (AvgIpc) is 2.35. The minimum absolute atomic E-state index is 0.00119. The molecule has 2 aromatic carbocycles. The molecule has 0 aromatic heterocycles. The van der Waals surface area contributed by atoms with Crippen molar-refractivity contribution < 1.29 is 8.78 Å². The van der Waals surface area contributed by atoms with Crippen molar-refractivity contribution in [2.45, 2.75) is 0 Å². The van der Waals surface area contributed by atoms with Gasteiger partial charge in [-0.3, -0.25) is 0 Å². The Bertz CT molecular complexity index is 627. The summed E-state index contributed by atoms with van der Waals surface area (Å²) in [6.07, 6.45) is 0. The molecule has 0 radical (unpaired) electrons. The second-order valence-corrected chi connectivity index (χ2v) is 4.56. The van der Waals surface area contributed by atoms with Crippen LogP contribution < -0.4 is 16.8 Å². The molecule has 0 heterocycles. The fraction of sp³-hybridized carbons (Fsp3) is 0. The number of hydrogen-bond acceptors (Lipinski definition) is 3. The summed E-state index contributed by atoms with van der Waals surface area (Å²) in [7, 11) is 0. The van der Waals surface area contributed by atoms with Crippen LogP contribution in [0.1, 0.15) is 0 Å². The predicted octanol–water partition coefficient (Wildman–Crippen LogP) is 4.18. The van der Waals surface area contributed by atoms with E-state index < -0.39 is 11.6 Å². The lowest BCUT2D eigenvalue weighted by atomic mass is 10.2. The summed E-state index contributed by atoms with van der Waals surface area (Å²) in [5.41, 5.74) is 10.8. The van der Waals surface area contributed by atoms with Gasteiger partial charge in [0.25, 0.3) is 0 Å². The summed E-state index contributed by atoms with van der Waals surface area (Å²) >= 11 is 11.5. The van der Waals surface area contributed by atoms with Gasteiger partial charge in [-0.1, -0.05) is 29.3 Å². The molecular formula is C12H9Cl2F2N3. The van der Waals surface area contributed by atoms with Gasteiger partial charge in [0, 0.05) is 0 Å². The van der Waals surface area contributed by atoms with Gasteiger partial charge in [0.2, 0.25) is 0 Å². The van der Waals surface area contributed by atoms with Crippen LogP contribution in [-0.4, -0.2) is 0 Å². The van der Waals surface area contributed by atoms with Gasteiger partial charge < -0.3 is 16.8 Å². The van der Waals surface area contributed by atoms with Crippen molar-refractivity contribution in [3.05, 3.63) is 45.9 Å². The monoisotopic (exact) mass is 303 g/mol. The molecule has 5 N–H and O–H groups in total. The quantitative estimate of drug-likeness (QED) is 0.729. The molecule has 0 aliphatic heterocycles. The van der Waals surface area contributed by atoms with Crippen molar-refractivity contribution in [1.29, 1.82) is 0 Å². The van der Waals surface area contributed by atoms with E-state index >= 15 is 0 Å². The zero-order valence-electron chi connectivity index (χ0n) is 9.48. The Labute approximate surface area is 118 Å². The minimum Gasteiger partial charge on any atom is -0.397 e. The summed E-state index contributed by atoms with van der Waals surface area (Å²) in [5.74, 6) is -1.50. The fourth-order valence-electron chi connectivity index (χ4n) is 1.54. The van der Waals surface area contributed by atoms with E-state index in [0.717, 1.165) is 0 Å². The molecule has 2 rings (SSSR count). The van der Waals surface area contributed by atoms with E-state index in [1.165, 1.54) is 24.3 Å². The molecule has 0 atom stereocenters. The first-order chi connectivity index (χ1) is 8.91. The lowest BCUT2D eigenvalue weighted by molar-refractivity contribution is 0.626. The van der Waals surface area contributed by atoms with Gasteiger partial charge in [0.05, 0.1) is 27.8 Å². The zero-order valence-corrected chi connectivity index (χ0v) is 11.0. The SMILES string of the molecule is Nc1cc(N)c(Nc2c(F)cccc2Cl)c(F)c1Cl. The smallest absolute Gasteiger partial charge is 0.169 e. The molecule has 0 aliphatic carbocycles. The highest BCUT2D eigenvalue weighted by Crippen LogP contribution is 2.37. The third-order valence-electron chi connectivity index (χ3n) is 2.48. The van der Waals surface area contributed by atoms with Crippen LogP contribution >= 0.6 is 23.2 Å². The molecule has 100 valence electrons. The van der Waals surface area contributed by atoms with E-state index in [9.17, 15) is 8.78 Å². The van der Waals surface area contributed by atoms with Crippen LogP contribution in [0.4, 0.5) is 31.5 Å². The molecule has 0 saturated heterocycles. The van der Waals surface area contributed by atoms with Crippen molar-refractivity contribution in [3.63, 3.8) is 0 Å². The van der Waals surface area contributed by atoms with Crippen molar-refractivity contribution >= 4 is 46.0 Å². The summed E-state index contributed by atoms with van der Waals surface area (Å²) < 4.78 is 27.6. The predicted molar refractivity (Wildman–Crippen MR) is 74.9 cm³/mol. The van der Waals surface area contributed by atoms with Gasteiger partial charge >= 0.3 is 0 Å². The van der Waals surface area contributed by atoms with Crippen LogP contribution in [0.25, 0.3) is 0 Å². The number of rotatable bonds is 2. The Morgan fingerprint density at radius 2 is 1.68 bits per heavy atom. The Hall–Kier alpha value is -1.72. The van der Waals surface area contributed by atoms with Gasteiger partial charge in [-0.2, -0.15) is 0 Å². The van der Waals surface area contributed by atoms with Crippen LogP contribution in [0, 0.1) is 11.6 Å². The third kappa shape index (κ3) is 2.52. The Morgan fingerprint density at radius 1 is 1.00 bits per heavy atom. The first-order valence-electron chi connectivity index (χ1n) is 5.15. The van der Waals surface area contributed by atoms with Crippen LogP contribution in [0.2, 0.25) is 10.0 Å². The molecule has 0 unspecified atom stereocenters. The fourth-order valence-corrected chi connectivity index (χ4v) is 1.89. The molecular weight excluding hydrogens is 295 g/mol. The molecule has 0 aliphatic rings. The van der Waals surface area contributed by atoms with Crippen molar-refractivity contribution in [3.8, 4) is 0 Å². The van der Waals surface area contributed by atoms with E-state index in [2.05, 4.69) is 5.32 Å². The second-order valence-electron chi connectivity index (χ2n) is 3.78. The maximum absolute atomic E-state index is 14.0. The number of nitrogens with two attached hydrogens (primary N) is 2. The number of nitrogens with one attached hydrogen (secondary N) is 1. The van der Waals surface area contributed by atoms with Crippen LogP contribution in [0.3, 0.4) is 0 Å². The number of hydrogen-bond donors (Lipinski definition) is 3. The highest BCUT2D eigenvalue weighted by molar-refractivity contribution is 6.34. The van der Waals surface area contributed by atoms with Crippen molar-refractivity contribution in [2.24, 2.45) is 0 Å². The standard InChI is InChI=1S/C12H9Cl2F2N3/c13-5-2-1-3-6(15)11(5)19-12-8(18)4-7(17)9(14)10(12)16/h1-4,19H,17-18H2. The van der Waals surface area contributed by atoms with E-state index in [4.69, 9.17) is 34.7 Å². The summed E-state index contributed by atoms with van der Waals surface area (Å²) in [5, 5.41) is 2.30. The largest absolute Gasteiger partial charge is 0.397 e. The molecule has 7 heteroatoms. The Kier molecular flexibility index (Phi) is 3.68. The summed E-state index contributed by atoms with van der Waals surface area (Å²) in [6.45, 7) is 0. The molecule has 0 bridgehead atoms. The van der Waals surface area contributed by atoms with Gasteiger partial charge in [-0.15, -0.1) is 0 Å². The first-order valence-corrected chi connectivity index (χ1v) is 5.91. The van der Waals surface area contributed by atoms with E-state index in [1.54, 1.807) is 0 Å². The van der Waals surface area contributed by atoms with Crippen LogP contribution in [-0.2, 0) is 0 Å². The average molecular weight is 304 g/mol. The number of halogens is 4. The molecule has 0 saturated carbocycles. The lowest BCUT2D eigenvalue weighted by Gasteiger charge is -2.14. The third-order valence-corrected chi connectivity index (χ3v) is 3.18. The van der Waals surface area contributed by atoms with E-state index in [1.807, 2.05) is 0 Å². The lowest BCUT2D eigenvalue weighted by Crippen LogP contribution is -2.04. The van der Waals surface area contributed by atoms with Gasteiger partial charge in [0.1, 0.15) is 10.8 Å². The number of nitrogen functional groups attached to an aromatic ring is 2. The molecule has 0 fully saturated rings. The maximum atomic E-state index is 14.0.